The molecular formula is C17H20N2O4. The van der Waals surface area contributed by atoms with Gasteiger partial charge >= 0.3 is 5.97 Å². The van der Waals surface area contributed by atoms with Crippen LogP contribution in [0.3, 0.4) is 0 Å². The molecule has 3 rings (SSSR count). The molecule has 122 valence electrons. The molecule has 0 bridgehead atoms. The summed E-state index contributed by atoms with van der Waals surface area (Å²) in [5.74, 6) is -0.802. The van der Waals surface area contributed by atoms with Gasteiger partial charge in [0.25, 0.3) is 5.91 Å². The van der Waals surface area contributed by atoms with Crippen LogP contribution in [0.5, 0.6) is 0 Å². The highest BCUT2D eigenvalue weighted by atomic mass is 16.5. The number of esters is 1. The molecule has 1 amide bonds. The summed E-state index contributed by atoms with van der Waals surface area (Å²) >= 11 is 0. The molecule has 1 heterocycles. The molecule has 0 atom stereocenters. The fourth-order valence-corrected chi connectivity index (χ4v) is 3.22. The van der Waals surface area contributed by atoms with E-state index in [9.17, 15) is 9.59 Å². The number of β-amino-alcohol motifs (C(OH)–C–C–N with tert-alkyl or cyclic N) is 1. The summed E-state index contributed by atoms with van der Waals surface area (Å²) in [7, 11) is 1.30. The summed E-state index contributed by atoms with van der Waals surface area (Å²) in [6.45, 7) is 0.203. The molecule has 1 aromatic rings. The van der Waals surface area contributed by atoms with Crippen molar-refractivity contribution in [3.05, 3.63) is 40.6 Å². The van der Waals surface area contributed by atoms with Crippen LogP contribution in [0.25, 0.3) is 0 Å². The Hall–Kier alpha value is -2.34. The number of rotatable bonds is 5. The van der Waals surface area contributed by atoms with Gasteiger partial charge in [0.15, 0.2) is 0 Å². The lowest BCUT2D eigenvalue weighted by Gasteiger charge is -2.16. The highest BCUT2D eigenvalue weighted by Crippen LogP contribution is 2.31. The van der Waals surface area contributed by atoms with Gasteiger partial charge in [0.2, 0.25) is 0 Å². The van der Waals surface area contributed by atoms with Crippen LogP contribution in [0, 0.1) is 0 Å². The molecule has 1 aliphatic carbocycles. The summed E-state index contributed by atoms with van der Waals surface area (Å²) in [5.41, 5.74) is 3.92. The summed E-state index contributed by atoms with van der Waals surface area (Å²) in [4.78, 5) is 25.9. The van der Waals surface area contributed by atoms with Crippen LogP contribution in [0.1, 0.15) is 17.5 Å². The van der Waals surface area contributed by atoms with Crippen LogP contribution in [0.2, 0.25) is 0 Å². The Bertz CT molecular complexity index is 681. The minimum atomic E-state index is -0.520. The van der Waals surface area contributed by atoms with Gasteiger partial charge in [-0.25, -0.2) is 4.79 Å². The summed E-state index contributed by atoms with van der Waals surface area (Å²) in [6.07, 6.45) is 3.10. The van der Waals surface area contributed by atoms with Crippen molar-refractivity contribution in [3.8, 4) is 0 Å². The summed E-state index contributed by atoms with van der Waals surface area (Å²) < 4.78 is 4.79. The van der Waals surface area contributed by atoms with Crippen molar-refractivity contribution in [3.63, 3.8) is 0 Å². The van der Waals surface area contributed by atoms with E-state index in [4.69, 9.17) is 9.84 Å². The number of fused-ring (bicyclic) bond motifs is 1. The van der Waals surface area contributed by atoms with Gasteiger partial charge in [0, 0.05) is 12.2 Å². The van der Waals surface area contributed by atoms with E-state index < -0.39 is 5.97 Å². The lowest BCUT2D eigenvalue weighted by atomic mass is 10.1. The molecule has 0 radical (unpaired) electrons. The summed E-state index contributed by atoms with van der Waals surface area (Å²) in [6, 6.07) is 5.97. The quantitative estimate of drug-likeness (QED) is 0.787. The molecule has 0 saturated heterocycles. The molecule has 0 aromatic heterocycles. The molecule has 23 heavy (non-hydrogen) atoms. The number of nitrogens with one attached hydrogen (secondary N) is 1. The van der Waals surface area contributed by atoms with Crippen molar-refractivity contribution in [2.24, 2.45) is 0 Å². The van der Waals surface area contributed by atoms with Crippen LogP contribution in [0.4, 0.5) is 5.69 Å². The van der Waals surface area contributed by atoms with Crippen LogP contribution < -0.4 is 5.32 Å². The summed E-state index contributed by atoms with van der Waals surface area (Å²) in [5, 5.41) is 12.2. The first-order chi connectivity index (χ1) is 11.2. The van der Waals surface area contributed by atoms with Crippen LogP contribution in [0.15, 0.2) is 29.5 Å². The van der Waals surface area contributed by atoms with Gasteiger partial charge in [-0.2, -0.15) is 0 Å². The number of aryl methyl sites for hydroxylation is 1. The first-order valence-corrected chi connectivity index (χ1v) is 7.75. The van der Waals surface area contributed by atoms with E-state index >= 15 is 0 Å². The van der Waals surface area contributed by atoms with Crippen LogP contribution >= 0.6 is 0 Å². The normalized spacial score (nSPS) is 16.8. The third-order valence-corrected chi connectivity index (χ3v) is 4.36. The fourth-order valence-electron chi connectivity index (χ4n) is 3.22. The number of methoxy groups -OCH3 is 1. The number of hydrogen-bond donors (Lipinski definition) is 2. The molecule has 0 saturated carbocycles. The lowest BCUT2D eigenvalue weighted by molar-refractivity contribution is -0.136. The van der Waals surface area contributed by atoms with Gasteiger partial charge < -0.3 is 20.1 Å². The van der Waals surface area contributed by atoms with E-state index in [0.29, 0.717) is 5.57 Å². The van der Waals surface area contributed by atoms with E-state index in [1.807, 2.05) is 12.1 Å². The number of anilines is 1. The first-order valence-electron chi connectivity index (χ1n) is 7.75. The number of aliphatic hydroxyl groups excluding tert-OH is 1. The molecule has 0 spiro atoms. The van der Waals surface area contributed by atoms with E-state index in [2.05, 4.69) is 11.4 Å². The van der Waals surface area contributed by atoms with E-state index in [0.717, 1.165) is 24.9 Å². The van der Waals surface area contributed by atoms with Crippen molar-refractivity contribution in [2.45, 2.75) is 19.3 Å². The second-order valence-corrected chi connectivity index (χ2v) is 5.72. The number of nitrogens with zero attached hydrogens (tertiary/aromatic N) is 1. The Labute approximate surface area is 134 Å². The Morgan fingerprint density at radius 3 is 2.96 bits per heavy atom. The number of carbonyl (C=O) groups excluding carboxylic acids is 2. The Balaban J connectivity index is 1.93. The Kier molecular flexibility index (Phi) is 4.34. The topological polar surface area (TPSA) is 78.9 Å². The monoisotopic (exact) mass is 316 g/mol. The predicted molar refractivity (Wildman–Crippen MR) is 84.8 cm³/mol. The van der Waals surface area contributed by atoms with Crippen molar-refractivity contribution >= 4 is 17.6 Å². The molecule has 1 aliphatic heterocycles. The predicted octanol–water partition coefficient (Wildman–Crippen LogP) is 0.849. The van der Waals surface area contributed by atoms with Gasteiger partial charge in [-0.3, -0.25) is 4.79 Å². The smallest absolute Gasteiger partial charge is 0.337 e. The van der Waals surface area contributed by atoms with Crippen LogP contribution in [-0.4, -0.2) is 48.7 Å². The van der Waals surface area contributed by atoms with Crippen molar-refractivity contribution in [1.29, 1.82) is 0 Å². The van der Waals surface area contributed by atoms with Gasteiger partial charge in [0.1, 0.15) is 5.70 Å². The molecular weight excluding hydrogens is 296 g/mol. The average Bonchev–Trinajstić information content (AvgIpc) is 3.15. The zero-order valence-electron chi connectivity index (χ0n) is 13.1. The molecule has 1 aromatic carbocycles. The second kappa shape index (κ2) is 6.42. The van der Waals surface area contributed by atoms with Gasteiger partial charge in [0.05, 0.1) is 25.8 Å². The number of ether oxygens (including phenoxy) is 1. The number of amides is 1. The lowest BCUT2D eigenvalue weighted by Crippen LogP contribution is -2.31. The minimum Gasteiger partial charge on any atom is -0.466 e. The molecule has 0 fully saturated rings. The third-order valence-electron chi connectivity index (χ3n) is 4.36. The van der Waals surface area contributed by atoms with Crippen molar-refractivity contribution in [2.75, 3.05) is 32.1 Å². The zero-order chi connectivity index (χ0) is 16.4. The standard InChI is InChI=1S/C17H20N2O4/c1-23-17(22)13-10-19(8-9-20)16(21)15(13)18-14-7-3-5-11-4-2-6-12(11)14/h3,5,7,18,20H,2,4,6,8-10H2,1H3. The highest BCUT2D eigenvalue weighted by molar-refractivity contribution is 6.08. The maximum atomic E-state index is 12.5. The molecule has 6 heteroatoms. The average molecular weight is 316 g/mol. The van der Waals surface area contributed by atoms with Gasteiger partial charge in [-0.1, -0.05) is 12.1 Å². The number of benzene rings is 1. The van der Waals surface area contributed by atoms with Crippen LogP contribution in [-0.2, 0) is 27.2 Å². The minimum absolute atomic E-state index is 0.145. The molecule has 0 unspecified atom stereocenters. The Morgan fingerprint density at radius 2 is 2.22 bits per heavy atom. The maximum absolute atomic E-state index is 12.5. The van der Waals surface area contributed by atoms with Crippen molar-refractivity contribution < 1.29 is 19.4 Å². The number of carbonyl (C=O) groups is 2. The highest BCUT2D eigenvalue weighted by Gasteiger charge is 2.34. The van der Waals surface area contributed by atoms with E-state index in [1.54, 1.807) is 0 Å². The Morgan fingerprint density at radius 1 is 1.39 bits per heavy atom. The number of aliphatic hydroxyl groups is 1. The SMILES string of the molecule is COC(=O)C1=C(Nc2cccc3c2CCC3)C(=O)N(CCO)C1. The second-order valence-electron chi connectivity index (χ2n) is 5.72. The van der Waals surface area contributed by atoms with Gasteiger partial charge in [-0.15, -0.1) is 0 Å². The molecule has 2 aliphatic rings. The third kappa shape index (κ3) is 2.82. The largest absolute Gasteiger partial charge is 0.466 e. The van der Waals surface area contributed by atoms with E-state index in [1.165, 1.54) is 23.1 Å². The van der Waals surface area contributed by atoms with Crippen molar-refractivity contribution in [1.82, 2.24) is 4.90 Å². The maximum Gasteiger partial charge on any atom is 0.337 e. The fraction of sp³-hybridized carbons (Fsp3) is 0.412. The number of hydrogen-bond acceptors (Lipinski definition) is 5. The molecule has 6 nitrogen and oxygen atoms in total. The zero-order valence-corrected chi connectivity index (χ0v) is 13.1. The van der Waals surface area contributed by atoms with E-state index in [-0.39, 0.29) is 31.3 Å². The molecule has 2 N–H and O–H groups in total. The van der Waals surface area contributed by atoms with Gasteiger partial charge in [-0.05, 0) is 36.5 Å². The first kappa shape index (κ1) is 15.6.